The molecule has 1 heterocycles. The molecular weight excluding hydrogens is 356 g/mol. The lowest BCUT2D eigenvalue weighted by Gasteiger charge is -2.30. The van der Waals surface area contributed by atoms with Crippen molar-refractivity contribution in [3.8, 4) is 17.2 Å². The lowest BCUT2D eigenvalue weighted by atomic mass is 9.97. The number of nitrogens with one attached hydrogen (secondary N) is 2. The zero-order valence-electron chi connectivity index (χ0n) is 17.0. The van der Waals surface area contributed by atoms with Crippen molar-refractivity contribution >= 4 is 5.91 Å². The number of amides is 1. The molecule has 0 aromatic heterocycles. The quantitative estimate of drug-likeness (QED) is 0.756. The minimum absolute atomic E-state index is 0.0646. The van der Waals surface area contributed by atoms with Crippen LogP contribution in [0.2, 0.25) is 0 Å². The number of hydrogen-bond acceptors (Lipinski definition) is 4. The van der Waals surface area contributed by atoms with Crippen LogP contribution in [0, 0.1) is 0 Å². The Morgan fingerprint density at radius 3 is 2.29 bits per heavy atom. The highest BCUT2D eigenvalue weighted by atomic mass is 16.5. The molecule has 1 amide bonds. The van der Waals surface area contributed by atoms with Gasteiger partial charge < -0.3 is 24.4 Å². The Morgan fingerprint density at radius 1 is 1.04 bits per heavy atom. The number of methoxy groups -OCH3 is 3. The van der Waals surface area contributed by atoms with E-state index in [1.165, 1.54) is 16.0 Å². The summed E-state index contributed by atoms with van der Waals surface area (Å²) in [6.07, 6.45) is 0.918. The highest BCUT2D eigenvalue weighted by Gasteiger charge is 2.29. The normalized spacial score (nSPS) is 16.6. The van der Waals surface area contributed by atoms with Crippen molar-refractivity contribution in [2.45, 2.75) is 32.5 Å². The predicted molar refractivity (Wildman–Crippen MR) is 107 cm³/mol. The zero-order valence-corrected chi connectivity index (χ0v) is 17.0. The second kappa shape index (κ2) is 8.97. The number of hydrogen-bond donors (Lipinski definition) is 2. The van der Waals surface area contributed by atoms with E-state index < -0.39 is 0 Å². The van der Waals surface area contributed by atoms with Gasteiger partial charge in [0.2, 0.25) is 0 Å². The van der Waals surface area contributed by atoms with Gasteiger partial charge in [-0.15, -0.1) is 0 Å². The number of ether oxygens (including phenoxy) is 3. The van der Waals surface area contributed by atoms with Gasteiger partial charge in [0, 0.05) is 18.5 Å². The molecule has 1 aliphatic heterocycles. The molecule has 0 saturated heterocycles. The van der Waals surface area contributed by atoms with Gasteiger partial charge in [0.05, 0.1) is 27.9 Å². The van der Waals surface area contributed by atoms with Crippen molar-refractivity contribution in [2.24, 2.45) is 0 Å². The van der Waals surface area contributed by atoms with Crippen molar-refractivity contribution in [1.29, 1.82) is 0 Å². The van der Waals surface area contributed by atoms with Crippen LogP contribution in [0.25, 0.3) is 0 Å². The van der Waals surface area contributed by atoms with Crippen molar-refractivity contribution < 1.29 is 23.9 Å². The molecule has 0 aliphatic carbocycles. The van der Waals surface area contributed by atoms with E-state index in [9.17, 15) is 4.79 Å². The smallest absolute Gasteiger partial charge is 0.278 e. The first kappa shape index (κ1) is 20.0. The molecule has 6 nitrogen and oxygen atoms in total. The van der Waals surface area contributed by atoms with E-state index in [1.807, 2.05) is 37.3 Å². The van der Waals surface area contributed by atoms with Gasteiger partial charge in [-0.2, -0.15) is 0 Å². The minimum Gasteiger partial charge on any atom is -0.497 e. The van der Waals surface area contributed by atoms with Gasteiger partial charge in [-0.1, -0.05) is 12.1 Å². The monoisotopic (exact) mass is 385 g/mol. The van der Waals surface area contributed by atoms with E-state index in [-0.39, 0.29) is 11.9 Å². The molecule has 6 heteroatoms. The van der Waals surface area contributed by atoms with Crippen molar-refractivity contribution in [1.82, 2.24) is 5.32 Å². The zero-order chi connectivity index (χ0) is 20.1. The Kier molecular flexibility index (Phi) is 6.41. The molecule has 28 heavy (non-hydrogen) atoms. The van der Waals surface area contributed by atoms with Crippen molar-refractivity contribution in [2.75, 3.05) is 27.9 Å². The van der Waals surface area contributed by atoms with E-state index in [0.29, 0.717) is 6.54 Å². The van der Waals surface area contributed by atoms with Gasteiger partial charge >= 0.3 is 0 Å². The van der Waals surface area contributed by atoms with Gasteiger partial charge in [-0.05, 0) is 42.3 Å². The third kappa shape index (κ3) is 4.39. The van der Waals surface area contributed by atoms with Crippen LogP contribution in [0.15, 0.2) is 36.4 Å². The molecule has 0 radical (unpaired) electrons. The number of benzene rings is 2. The highest BCUT2D eigenvalue weighted by Crippen LogP contribution is 2.31. The average molecular weight is 385 g/mol. The summed E-state index contributed by atoms with van der Waals surface area (Å²) in [5, 5.41) is 3.05. The van der Waals surface area contributed by atoms with Crippen LogP contribution in [-0.2, 0) is 24.3 Å². The van der Waals surface area contributed by atoms with Crippen LogP contribution in [0.3, 0.4) is 0 Å². The first-order valence-electron chi connectivity index (χ1n) is 9.54. The molecule has 0 fully saturated rings. The third-order valence-electron chi connectivity index (χ3n) is 5.47. The molecule has 0 bridgehead atoms. The van der Waals surface area contributed by atoms with E-state index in [1.54, 1.807) is 21.3 Å². The Bertz CT molecular complexity index is 820. The van der Waals surface area contributed by atoms with E-state index in [4.69, 9.17) is 14.2 Å². The summed E-state index contributed by atoms with van der Waals surface area (Å²) in [6.45, 7) is 4.22. The number of carbonyl (C=O) groups is 1. The van der Waals surface area contributed by atoms with Crippen LogP contribution in [0.5, 0.6) is 17.2 Å². The van der Waals surface area contributed by atoms with Crippen molar-refractivity contribution in [3.63, 3.8) is 0 Å². The summed E-state index contributed by atoms with van der Waals surface area (Å²) in [5.41, 5.74) is 3.54. The SMILES string of the molecule is COc1ccc(CNC(=O)[C@H](C)[NH+]2CCc3cc(OC)c(OC)cc3C2)cc1. The Hall–Kier alpha value is -2.73. The molecule has 3 rings (SSSR count). The van der Waals surface area contributed by atoms with Crippen LogP contribution in [0.1, 0.15) is 23.6 Å². The molecule has 2 aromatic rings. The highest BCUT2D eigenvalue weighted by molar-refractivity contribution is 5.79. The summed E-state index contributed by atoms with van der Waals surface area (Å²) in [4.78, 5) is 13.9. The van der Waals surface area contributed by atoms with Crippen LogP contribution < -0.4 is 24.4 Å². The van der Waals surface area contributed by atoms with Crippen LogP contribution in [0.4, 0.5) is 0 Å². The maximum atomic E-state index is 12.7. The molecular formula is C22H29N2O4+. The predicted octanol–water partition coefficient (Wildman–Crippen LogP) is 1.36. The summed E-state index contributed by atoms with van der Waals surface area (Å²) >= 11 is 0. The maximum absolute atomic E-state index is 12.7. The topological polar surface area (TPSA) is 61.2 Å². The third-order valence-corrected chi connectivity index (χ3v) is 5.47. The fourth-order valence-electron chi connectivity index (χ4n) is 3.63. The molecule has 0 spiro atoms. The molecule has 1 aliphatic rings. The van der Waals surface area contributed by atoms with Crippen molar-refractivity contribution in [3.05, 3.63) is 53.1 Å². The van der Waals surface area contributed by atoms with Crippen LogP contribution >= 0.6 is 0 Å². The number of carbonyl (C=O) groups excluding carboxylic acids is 1. The molecule has 2 atom stereocenters. The van der Waals surface area contributed by atoms with Gasteiger partial charge in [-0.25, -0.2) is 0 Å². The molecule has 2 N–H and O–H groups in total. The molecule has 0 saturated carbocycles. The van der Waals surface area contributed by atoms with Gasteiger partial charge in [0.15, 0.2) is 17.5 Å². The van der Waals surface area contributed by atoms with Gasteiger partial charge in [0.1, 0.15) is 12.3 Å². The van der Waals surface area contributed by atoms with E-state index in [2.05, 4.69) is 11.4 Å². The largest absolute Gasteiger partial charge is 0.497 e. The van der Waals surface area contributed by atoms with Crippen LogP contribution in [-0.4, -0.2) is 39.8 Å². The fourth-order valence-corrected chi connectivity index (χ4v) is 3.63. The summed E-state index contributed by atoms with van der Waals surface area (Å²) in [6, 6.07) is 11.7. The molecule has 2 aromatic carbocycles. The summed E-state index contributed by atoms with van der Waals surface area (Å²) < 4.78 is 16.0. The molecule has 1 unspecified atom stereocenters. The maximum Gasteiger partial charge on any atom is 0.278 e. The van der Waals surface area contributed by atoms with E-state index >= 15 is 0 Å². The fraction of sp³-hybridized carbons (Fsp3) is 0.409. The second-order valence-electron chi connectivity index (χ2n) is 7.10. The minimum atomic E-state index is -0.125. The average Bonchev–Trinajstić information content (AvgIpc) is 2.75. The standard InChI is InChI=1S/C22H28N2O4/c1-15(22(25)23-13-16-5-7-19(26-2)8-6-16)24-10-9-17-11-20(27-3)21(28-4)12-18(17)14-24/h5-8,11-12,15H,9-10,13-14H2,1-4H3,(H,23,25)/p+1/t15-/m0/s1. The Morgan fingerprint density at radius 2 is 1.68 bits per heavy atom. The summed E-state index contributed by atoms with van der Waals surface area (Å²) in [7, 11) is 4.94. The molecule has 150 valence electrons. The van der Waals surface area contributed by atoms with E-state index in [0.717, 1.165) is 42.3 Å². The number of fused-ring (bicyclic) bond motifs is 1. The second-order valence-corrected chi connectivity index (χ2v) is 7.10. The van der Waals surface area contributed by atoms with Gasteiger partial charge in [0.25, 0.3) is 5.91 Å². The summed E-state index contributed by atoms with van der Waals surface area (Å²) in [5.74, 6) is 2.37. The van der Waals surface area contributed by atoms with Gasteiger partial charge in [-0.3, -0.25) is 4.79 Å². The Balaban J connectivity index is 1.61. The first-order chi connectivity index (χ1) is 13.5. The lowest BCUT2D eigenvalue weighted by Crippen LogP contribution is -3.16. The number of rotatable bonds is 7. The Labute approximate surface area is 166 Å². The first-order valence-corrected chi connectivity index (χ1v) is 9.54. The lowest BCUT2D eigenvalue weighted by molar-refractivity contribution is -0.929. The number of quaternary nitrogens is 1.